The number of imidazole rings is 1. The molecule has 0 N–H and O–H groups in total. The van der Waals surface area contributed by atoms with Crippen molar-refractivity contribution in [2.75, 3.05) is 0 Å². The van der Waals surface area contributed by atoms with Gasteiger partial charge in [0.1, 0.15) is 17.8 Å². The number of hydrogen-bond acceptors (Lipinski definition) is 2. The summed E-state index contributed by atoms with van der Waals surface area (Å²) in [6.45, 7) is 0. The SMILES string of the molecule is Fc1ccc(-c2cc3nccn3cn2)cc1. The molecule has 4 heteroatoms. The standard InChI is InChI=1S/C12H8FN3/c13-10-3-1-9(2-4-10)11-7-12-14-5-6-16(12)8-15-11/h1-8H. The van der Waals surface area contributed by atoms with Crippen LogP contribution < -0.4 is 0 Å². The highest BCUT2D eigenvalue weighted by Crippen LogP contribution is 2.17. The molecular weight excluding hydrogens is 205 g/mol. The van der Waals surface area contributed by atoms with Gasteiger partial charge < -0.3 is 0 Å². The Hall–Kier alpha value is -2.23. The normalized spacial score (nSPS) is 10.8. The number of rotatable bonds is 1. The van der Waals surface area contributed by atoms with Gasteiger partial charge in [0.15, 0.2) is 0 Å². The second kappa shape index (κ2) is 3.41. The Morgan fingerprint density at radius 2 is 1.88 bits per heavy atom. The highest BCUT2D eigenvalue weighted by molar-refractivity contribution is 5.62. The minimum absolute atomic E-state index is 0.245. The monoisotopic (exact) mass is 213 g/mol. The fraction of sp³-hybridized carbons (Fsp3) is 0. The lowest BCUT2D eigenvalue weighted by molar-refractivity contribution is 0.628. The van der Waals surface area contributed by atoms with Gasteiger partial charge in [0.25, 0.3) is 0 Å². The first-order chi connectivity index (χ1) is 7.83. The smallest absolute Gasteiger partial charge is 0.140 e. The van der Waals surface area contributed by atoms with E-state index < -0.39 is 0 Å². The van der Waals surface area contributed by atoms with Crippen molar-refractivity contribution >= 4 is 5.65 Å². The lowest BCUT2D eigenvalue weighted by atomic mass is 10.1. The highest BCUT2D eigenvalue weighted by atomic mass is 19.1. The van der Waals surface area contributed by atoms with Crippen molar-refractivity contribution in [3.63, 3.8) is 0 Å². The molecule has 0 bridgehead atoms. The molecule has 0 spiro atoms. The van der Waals surface area contributed by atoms with Crippen LogP contribution in [-0.2, 0) is 0 Å². The molecule has 3 nitrogen and oxygen atoms in total. The molecular formula is C12H8FN3. The van der Waals surface area contributed by atoms with Crippen LogP contribution >= 0.6 is 0 Å². The van der Waals surface area contributed by atoms with Gasteiger partial charge in [0.05, 0.1) is 5.69 Å². The van der Waals surface area contributed by atoms with Crippen molar-refractivity contribution in [3.8, 4) is 11.3 Å². The number of aromatic nitrogens is 3. The maximum Gasteiger partial charge on any atom is 0.140 e. The van der Waals surface area contributed by atoms with Gasteiger partial charge in [-0.15, -0.1) is 0 Å². The predicted octanol–water partition coefficient (Wildman–Crippen LogP) is 2.54. The molecule has 1 aromatic carbocycles. The molecule has 0 unspecified atom stereocenters. The van der Waals surface area contributed by atoms with E-state index in [1.54, 1.807) is 24.7 Å². The van der Waals surface area contributed by atoms with E-state index in [0.29, 0.717) is 0 Å². The first-order valence-electron chi connectivity index (χ1n) is 4.87. The molecule has 3 rings (SSSR count). The minimum atomic E-state index is -0.245. The Morgan fingerprint density at radius 3 is 2.69 bits per heavy atom. The number of hydrogen-bond donors (Lipinski definition) is 0. The summed E-state index contributed by atoms with van der Waals surface area (Å²) in [6, 6.07) is 8.13. The fourth-order valence-electron chi connectivity index (χ4n) is 1.60. The molecule has 0 aliphatic rings. The van der Waals surface area contributed by atoms with Crippen molar-refractivity contribution in [2.45, 2.75) is 0 Å². The van der Waals surface area contributed by atoms with Gasteiger partial charge >= 0.3 is 0 Å². The minimum Gasteiger partial charge on any atom is -0.290 e. The summed E-state index contributed by atoms with van der Waals surface area (Å²) in [5, 5.41) is 0. The van der Waals surface area contributed by atoms with Crippen LogP contribution in [0, 0.1) is 5.82 Å². The van der Waals surface area contributed by atoms with Crippen molar-refractivity contribution in [3.05, 3.63) is 54.9 Å². The molecule has 0 atom stereocenters. The van der Waals surface area contributed by atoms with Gasteiger partial charge in [0, 0.05) is 24.0 Å². The first kappa shape index (κ1) is 9.03. The van der Waals surface area contributed by atoms with E-state index in [9.17, 15) is 4.39 Å². The fourth-order valence-corrected chi connectivity index (χ4v) is 1.60. The van der Waals surface area contributed by atoms with Crippen LogP contribution in [-0.4, -0.2) is 14.4 Å². The Morgan fingerprint density at radius 1 is 1.06 bits per heavy atom. The quantitative estimate of drug-likeness (QED) is 0.621. The van der Waals surface area contributed by atoms with Crippen LogP contribution in [0.25, 0.3) is 16.9 Å². The maximum atomic E-state index is 12.8. The molecule has 2 aromatic heterocycles. The third-order valence-corrected chi connectivity index (χ3v) is 2.43. The van der Waals surface area contributed by atoms with Crippen molar-refractivity contribution in [1.82, 2.24) is 14.4 Å². The molecule has 2 heterocycles. The van der Waals surface area contributed by atoms with Gasteiger partial charge in [0.2, 0.25) is 0 Å². The lowest BCUT2D eigenvalue weighted by Crippen LogP contribution is -1.89. The van der Waals surface area contributed by atoms with Crippen molar-refractivity contribution < 1.29 is 4.39 Å². The third-order valence-electron chi connectivity index (χ3n) is 2.43. The zero-order chi connectivity index (χ0) is 11.0. The summed E-state index contributed by atoms with van der Waals surface area (Å²) in [6.07, 6.45) is 5.24. The molecule has 3 aromatic rings. The van der Waals surface area contributed by atoms with Gasteiger partial charge in [-0.05, 0) is 24.3 Å². The van der Waals surface area contributed by atoms with Crippen LogP contribution in [0.3, 0.4) is 0 Å². The molecule has 0 radical (unpaired) electrons. The number of benzene rings is 1. The average Bonchev–Trinajstić information content (AvgIpc) is 2.77. The van der Waals surface area contributed by atoms with Crippen LogP contribution in [0.5, 0.6) is 0 Å². The van der Waals surface area contributed by atoms with Gasteiger partial charge in [-0.25, -0.2) is 14.4 Å². The summed E-state index contributed by atoms with van der Waals surface area (Å²) >= 11 is 0. The van der Waals surface area contributed by atoms with Crippen molar-refractivity contribution in [1.29, 1.82) is 0 Å². The van der Waals surface area contributed by atoms with Gasteiger partial charge in [-0.3, -0.25) is 4.40 Å². The van der Waals surface area contributed by atoms with E-state index in [1.165, 1.54) is 12.1 Å². The van der Waals surface area contributed by atoms with Crippen LogP contribution in [0.2, 0.25) is 0 Å². The first-order valence-corrected chi connectivity index (χ1v) is 4.87. The topological polar surface area (TPSA) is 30.2 Å². The summed E-state index contributed by atoms with van der Waals surface area (Å²) in [5.74, 6) is -0.245. The van der Waals surface area contributed by atoms with E-state index in [1.807, 2.05) is 16.7 Å². The summed E-state index contributed by atoms with van der Waals surface area (Å²) in [4.78, 5) is 8.45. The molecule has 16 heavy (non-hydrogen) atoms. The number of halogens is 1. The molecule has 0 saturated carbocycles. The molecule has 0 amide bonds. The Balaban J connectivity index is 2.14. The van der Waals surface area contributed by atoms with E-state index in [2.05, 4.69) is 9.97 Å². The summed E-state index contributed by atoms with van der Waals surface area (Å²) in [5.41, 5.74) is 2.50. The van der Waals surface area contributed by atoms with E-state index in [0.717, 1.165) is 16.9 Å². The molecule has 0 aliphatic heterocycles. The molecule has 0 aliphatic carbocycles. The largest absolute Gasteiger partial charge is 0.290 e. The Kier molecular flexibility index (Phi) is 1.93. The average molecular weight is 213 g/mol. The predicted molar refractivity (Wildman–Crippen MR) is 58.4 cm³/mol. The van der Waals surface area contributed by atoms with Crippen LogP contribution in [0.1, 0.15) is 0 Å². The highest BCUT2D eigenvalue weighted by Gasteiger charge is 2.01. The Labute approximate surface area is 91.2 Å². The van der Waals surface area contributed by atoms with Crippen LogP contribution in [0.4, 0.5) is 4.39 Å². The van der Waals surface area contributed by atoms with E-state index in [4.69, 9.17) is 0 Å². The summed E-state index contributed by atoms with van der Waals surface area (Å²) in [7, 11) is 0. The zero-order valence-electron chi connectivity index (χ0n) is 8.34. The maximum absolute atomic E-state index is 12.8. The summed E-state index contributed by atoms with van der Waals surface area (Å²) < 4.78 is 14.6. The lowest BCUT2D eigenvalue weighted by Gasteiger charge is -2.01. The second-order valence-electron chi connectivity index (χ2n) is 3.47. The number of nitrogens with zero attached hydrogens (tertiary/aromatic N) is 3. The Bertz CT molecular complexity index is 628. The molecule has 0 saturated heterocycles. The third kappa shape index (κ3) is 1.44. The van der Waals surface area contributed by atoms with Gasteiger partial charge in [-0.2, -0.15) is 0 Å². The van der Waals surface area contributed by atoms with Gasteiger partial charge in [-0.1, -0.05) is 0 Å². The van der Waals surface area contributed by atoms with Crippen LogP contribution in [0.15, 0.2) is 49.1 Å². The zero-order valence-corrected chi connectivity index (χ0v) is 8.34. The van der Waals surface area contributed by atoms with E-state index >= 15 is 0 Å². The second-order valence-corrected chi connectivity index (χ2v) is 3.47. The van der Waals surface area contributed by atoms with Crippen molar-refractivity contribution in [2.24, 2.45) is 0 Å². The van der Waals surface area contributed by atoms with E-state index in [-0.39, 0.29) is 5.82 Å². The molecule has 0 fully saturated rings. The number of fused-ring (bicyclic) bond motifs is 1. The molecule has 78 valence electrons.